The Morgan fingerprint density at radius 1 is 1.57 bits per heavy atom. The lowest BCUT2D eigenvalue weighted by atomic mass is 10.1. The standard InChI is InChI=1S/C11H15NO2/c1-8-4-3-5-10(6-8)11(14)12-9(2)7-13/h3-6,9,13H,7H2,1-2H3,(H,12,14)/t9-/m1/s1. The number of carbonyl (C=O) groups excluding carboxylic acids is 1. The predicted molar refractivity (Wildman–Crippen MR) is 55.2 cm³/mol. The first kappa shape index (κ1) is 10.7. The third kappa shape index (κ3) is 2.85. The molecule has 0 aliphatic rings. The van der Waals surface area contributed by atoms with E-state index in [0.29, 0.717) is 5.56 Å². The molecule has 0 saturated carbocycles. The van der Waals surface area contributed by atoms with Gasteiger partial charge in [0, 0.05) is 11.6 Å². The number of aryl methyl sites for hydroxylation is 1. The summed E-state index contributed by atoms with van der Waals surface area (Å²) < 4.78 is 0. The van der Waals surface area contributed by atoms with E-state index in [4.69, 9.17) is 5.11 Å². The summed E-state index contributed by atoms with van der Waals surface area (Å²) in [6.45, 7) is 3.65. The van der Waals surface area contributed by atoms with Crippen molar-refractivity contribution in [2.75, 3.05) is 6.61 Å². The summed E-state index contributed by atoms with van der Waals surface area (Å²) in [5.41, 5.74) is 1.68. The Morgan fingerprint density at radius 2 is 2.29 bits per heavy atom. The molecule has 1 atom stereocenters. The molecule has 0 aromatic heterocycles. The molecule has 2 N–H and O–H groups in total. The zero-order valence-electron chi connectivity index (χ0n) is 8.45. The SMILES string of the molecule is Cc1cccc(C(=O)N[C@H](C)CO)c1. The van der Waals surface area contributed by atoms with Gasteiger partial charge in [-0.15, -0.1) is 0 Å². The molecule has 0 fully saturated rings. The van der Waals surface area contributed by atoms with Crippen molar-refractivity contribution in [3.8, 4) is 0 Å². The Hall–Kier alpha value is -1.35. The van der Waals surface area contributed by atoms with E-state index < -0.39 is 0 Å². The molecular formula is C11H15NO2. The van der Waals surface area contributed by atoms with Crippen LogP contribution in [-0.4, -0.2) is 23.7 Å². The van der Waals surface area contributed by atoms with Crippen molar-refractivity contribution in [1.29, 1.82) is 0 Å². The maximum atomic E-state index is 11.5. The minimum Gasteiger partial charge on any atom is -0.394 e. The van der Waals surface area contributed by atoms with Gasteiger partial charge in [-0.25, -0.2) is 0 Å². The normalized spacial score (nSPS) is 12.2. The summed E-state index contributed by atoms with van der Waals surface area (Å²) in [5, 5.41) is 11.5. The van der Waals surface area contributed by atoms with Gasteiger partial charge in [0.05, 0.1) is 6.61 Å². The highest BCUT2D eigenvalue weighted by Gasteiger charge is 2.08. The molecule has 0 radical (unpaired) electrons. The largest absolute Gasteiger partial charge is 0.394 e. The van der Waals surface area contributed by atoms with Gasteiger partial charge in [-0.2, -0.15) is 0 Å². The first-order valence-corrected chi connectivity index (χ1v) is 4.62. The van der Waals surface area contributed by atoms with Crippen molar-refractivity contribution in [2.24, 2.45) is 0 Å². The fourth-order valence-electron chi connectivity index (χ4n) is 1.14. The summed E-state index contributed by atoms with van der Waals surface area (Å²) in [7, 11) is 0. The second-order valence-electron chi connectivity index (χ2n) is 3.43. The summed E-state index contributed by atoms with van der Waals surface area (Å²) in [6, 6.07) is 7.15. The van der Waals surface area contributed by atoms with Crippen LogP contribution in [0.4, 0.5) is 0 Å². The molecule has 0 saturated heterocycles. The zero-order valence-corrected chi connectivity index (χ0v) is 8.45. The number of carbonyl (C=O) groups is 1. The molecule has 0 unspecified atom stereocenters. The van der Waals surface area contributed by atoms with Crippen LogP contribution in [-0.2, 0) is 0 Å². The monoisotopic (exact) mass is 193 g/mol. The predicted octanol–water partition coefficient (Wildman–Crippen LogP) is 1.11. The maximum absolute atomic E-state index is 11.5. The topological polar surface area (TPSA) is 49.3 Å². The van der Waals surface area contributed by atoms with Crippen molar-refractivity contribution < 1.29 is 9.90 Å². The second-order valence-corrected chi connectivity index (χ2v) is 3.43. The molecule has 1 amide bonds. The molecule has 0 spiro atoms. The van der Waals surface area contributed by atoms with Crippen LogP contribution in [0.1, 0.15) is 22.8 Å². The number of hydrogen-bond acceptors (Lipinski definition) is 2. The van der Waals surface area contributed by atoms with Crippen LogP contribution >= 0.6 is 0 Å². The average Bonchev–Trinajstić information content (AvgIpc) is 2.17. The van der Waals surface area contributed by atoms with Gasteiger partial charge in [-0.05, 0) is 26.0 Å². The van der Waals surface area contributed by atoms with E-state index in [1.165, 1.54) is 0 Å². The lowest BCUT2D eigenvalue weighted by Crippen LogP contribution is -2.34. The van der Waals surface area contributed by atoms with Crippen LogP contribution in [0, 0.1) is 6.92 Å². The van der Waals surface area contributed by atoms with E-state index in [-0.39, 0.29) is 18.6 Å². The minimum atomic E-state index is -0.206. The number of aliphatic hydroxyl groups is 1. The Bertz CT molecular complexity index is 323. The van der Waals surface area contributed by atoms with Gasteiger partial charge in [0.1, 0.15) is 0 Å². The Labute approximate surface area is 83.8 Å². The molecule has 0 aliphatic carbocycles. The fourth-order valence-corrected chi connectivity index (χ4v) is 1.14. The van der Waals surface area contributed by atoms with Crippen molar-refractivity contribution in [2.45, 2.75) is 19.9 Å². The first-order valence-electron chi connectivity index (χ1n) is 4.62. The smallest absolute Gasteiger partial charge is 0.251 e. The molecule has 0 bridgehead atoms. The number of hydrogen-bond donors (Lipinski definition) is 2. The quantitative estimate of drug-likeness (QED) is 0.755. The molecule has 0 heterocycles. The van der Waals surface area contributed by atoms with Gasteiger partial charge in [-0.1, -0.05) is 17.7 Å². The van der Waals surface area contributed by atoms with Gasteiger partial charge in [-0.3, -0.25) is 4.79 Å². The van der Waals surface area contributed by atoms with Gasteiger partial charge >= 0.3 is 0 Å². The van der Waals surface area contributed by atoms with Gasteiger partial charge < -0.3 is 10.4 Å². The third-order valence-corrected chi connectivity index (χ3v) is 1.93. The van der Waals surface area contributed by atoms with Crippen LogP contribution in [0.25, 0.3) is 0 Å². The molecule has 14 heavy (non-hydrogen) atoms. The summed E-state index contributed by atoms with van der Waals surface area (Å²) >= 11 is 0. The highest BCUT2D eigenvalue weighted by atomic mass is 16.3. The van der Waals surface area contributed by atoms with E-state index >= 15 is 0 Å². The highest BCUT2D eigenvalue weighted by Crippen LogP contribution is 2.03. The number of nitrogens with one attached hydrogen (secondary N) is 1. The number of benzene rings is 1. The molecule has 1 aromatic carbocycles. The van der Waals surface area contributed by atoms with Crippen LogP contribution in [0.15, 0.2) is 24.3 Å². The van der Waals surface area contributed by atoms with E-state index in [9.17, 15) is 4.79 Å². The van der Waals surface area contributed by atoms with Crippen LogP contribution in [0.2, 0.25) is 0 Å². The van der Waals surface area contributed by atoms with Gasteiger partial charge in [0.25, 0.3) is 5.91 Å². The molecule has 0 aliphatic heterocycles. The molecule has 76 valence electrons. The summed E-state index contributed by atoms with van der Waals surface area (Å²) in [5.74, 6) is -0.143. The lowest BCUT2D eigenvalue weighted by Gasteiger charge is -2.10. The average molecular weight is 193 g/mol. The molecule has 3 heteroatoms. The minimum absolute atomic E-state index is 0.0441. The van der Waals surface area contributed by atoms with E-state index in [2.05, 4.69) is 5.32 Å². The van der Waals surface area contributed by atoms with Gasteiger partial charge in [0.15, 0.2) is 0 Å². The molecule has 1 aromatic rings. The Kier molecular flexibility index (Phi) is 3.65. The number of aliphatic hydroxyl groups excluding tert-OH is 1. The third-order valence-electron chi connectivity index (χ3n) is 1.93. The molecule has 1 rings (SSSR count). The van der Waals surface area contributed by atoms with E-state index in [1.54, 1.807) is 13.0 Å². The Morgan fingerprint density at radius 3 is 2.86 bits per heavy atom. The lowest BCUT2D eigenvalue weighted by molar-refractivity contribution is 0.0922. The Balaban J connectivity index is 2.70. The van der Waals surface area contributed by atoms with Gasteiger partial charge in [0.2, 0.25) is 0 Å². The van der Waals surface area contributed by atoms with Crippen molar-refractivity contribution in [3.63, 3.8) is 0 Å². The summed E-state index contributed by atoms with van der Waals surface area (Å²) in [4.78, 5) is 11.5. The zero-order chi connectivity index (χ0) is 10.6. The fraction of sp³-hybridized carbons (Fsp3) is 0.364. The van der Waals surface area contributed by atoms with Crippen molar-refractivity contribution in [3.05, 3.63) is 35.4 Å². The second kappa shape index (κ2) is 4.77. The number of amides is 1. The van der Waals surface area contributed by atoms with Crippen molar-refractivity contribution >= 4 is 5.91 Å². The van der Waals surface area contributed by atoms with E-state index in [1.807, 2.05) is 25.1 Å². The highest BCUT2D eigenvalue weighted by molar-refractivity contribution is 5.94. The molecular weight excluding hydrogens is 178 g/mol. The maximum Gasteiger partial charge on any atom is 0.251 e. The van der Waals surface area contributed by atoms with Crippen LogP contribution in [0.3, 0.4) is 0 Å². The number of rotatable bonds is 3. The summed E-state index contributed by atoms with van der Waals surface area (Å²) in [6.07, 6.45) is 0. The van der Waals surface area contributed by atoms with E-state index in [0.717, 1.165) is 5.56 Å². The van der Waals surface area contributed by atoms with Crippen LogP contribution in [0.5, 0.6) is 0 Å². The molecule has 3 nitrogen and oxygen atoms in total. The first-order chi connectivity index (χ1) is 6.63. The van der Waals surface area contributed by atoms with Crippen LogP contribution < -0.4 is 5.32 Å². The van der Waals surface area contributed by atoms with Crippen molar-refractivity contribution in [1.82, 2.24) is 5.32 Å².